The molecule has 1 aromatic heterocycles. The summed E-state index contributed by atoms with van der Waals surface area (Å²) in [5.41, 5.74) is 2.06. The van der Waals surface area contributed by atoms with Crippen molar-refractivity contribution in [2.45, 2.75) is 58.1 Å². The first-order valence-corrected chi connectivity index (χ1v) is 14.1. The Bertz CT molecular complexity index is 1090. The van der Waals surface area contributed by atoms with Crippen molar-refractivity contribution in [3.8, 4) is 11.5 Å². The van der Waals surface area contributed by atoms with Gasteiger partial charge in [-0.15, -0.1) is 0 Å². The quantitative estimate of drug-likeness (QED) is 0.347. The third-order valence-corrected chi connectivity index (χ3v) is 7.76. The van der Waals surface area contributed by atoms with Gasteiger partial charge in [-0.25, -0.2) is 4.98 Å². The van der Waals surface area contributed by atoms with Crippen LogP contribution in [0.25, 0.3) is 11.0 Å². The Balaban J connectivity index is 1.30. The molecular formula is C29H39ClN4O2. The highest BCUT2D eigenvalue weighted by Gasteiger charge is 2.18. The number of nitrogens with one attached hydrogen (secondary N) is 1. The summed E-state index contributed by atoms with van der Waals surface area (Å²) in [6.07, 6.45) is 8.94. The van der Waals surface area contributed by atoms with E-state index in [2.05, 4.69) is 26.9 Å². The second kappa shape index (κ2) is 12.8. The van der Waals surface area contributed by atoms with Crippen LogP contribution in [0.4, 0.5) is 0 Å². The molecule has 5 rings (SSSR count). The van der Waals surface area contributed by atoms with Gasteiger partial charge in [0.2, 0.25) is 0 Å². The van der Waals surface area contributed by atoms with Gasteiger partial charge in [-0.05, 0) is 107 Å². The van der Waals surface area contributed by atoms with Crippen LogP contribution in [-0.4, -0.2) is 53.8 Å². The largest absolute Gasteiger partial charge is 0.490 e. The normalized spacial score (nSPS) is 19.0. The van der Waals surface area contributed by atoms with E-state index in [4.69, 9.17) is 26.1 Å². The number of hydrogen-bond donors (Lipinski definition) is 1. The molecule has 0 amide bonds. The molecule has 2 aliphatic rings. The highest BCUT2D eigenvalue weighted by Crippen LogP contribution is 2.28. The van der Waals surface area contributed by atoms with Gasteiger partial charge in [-0.2, -0.15) is 0 Å². The number of aryl methyl sites for hydroxylation is 1. The van der Waals surface area contributed by atoms with Crippen molar-refractivity contribution in [1.82, 2.24) is 19.8 Å². The van der Waals surface area contributed by atoms with E-state index >= 15 is 0 Å². The molecule has 0 aliphatic carbocycles. The number of imidazole rings is 1. The molecule has 194 valence electrons. The van der Waals surface area contributed by atoms with Gasteiger partial charge < -0.3 is 19.4 Å². The average Bonchev–Trinajstić information content (AvgIpc) is 3.28. The fourth-order valence-corrected chi connectivity index (χ4v) is 5.63. The maximum absolute atomic E-state index is 6.28. The van der Waals surface area contributed by atoms with E-state index in [0.717, 1.165) is 66.9 Å². The number of benzene rings is 2. The van der Waals surface area contributed by atoms with Crippen molar-refractivity contribution in [1.29, 1.82) is 0 Å². The Morgan fingerprint density at radius 3 is 2.64 bits per heavy atom. The lowest BCUT2D eigenvalue weighted by molar-refractivity contribution is 0.184. The number of para-hydroxylation sites is 1. The van der Waals surface area contributed by atoms with Crippen molar-refractivity contribution in [2.75, 3.05) is 39.3 Å². The molecule has 1 unspecified atom stereocenters. The maximum atomic E-state index is 6.28. The smallest absolute Gasteiger partial charge is 0.148 e. The van der Waals surface area contributed by atoms with Gasteiger partial charge in [0, 0.05) is 18.1 Å². The van der Waals surface area contributed by atoms with Gasteiger partial charge in [-0.3, -0.25) is 4.90 Å². The fraction of sp³-hybridized carbons (Fsp3) is 0.552. The second-order valence-corrected chi connectivity index (χ2v) is 10.6. The van der Waals surface area contributed by atoms with E-state index in [-0.39, 0.29) is 0 Å². The Morgan fingerprint density at radius 1 is 0.972 bits per heavy atom. The summed E-state index contributed by atoms with van der Waals surface area (Å²) in [5, 5.41) is 4.25. The van der Waals surface area contributed by atoms with Crippen LogP contribution in [0.3, 0.4) is 0 Å². The molecule has 0 radical (unpaired) electrons. The summed E-state index contributed by atoms with van der Waals surface area (Å²) in [6.45, 7) is 7.69. The number of nitrogens with zero attached hydrogens (tertiary/aromatic N) is 3. The predicted octanol–water partition coefficient (Wildman–Crippen LogP) is 5.91. The molecule has 2 saturated heterocycles. The van der Waals surface area contributed by atoms with Gasteiger partial charge in [0.15, 0.2) is 0 Å². The summed E-state index contributed by atoms with van der Waals surface area (Å²) >= 11 is 6.04. The summed E-state index contributed by atoms with van der Waals surface area (Å²) in [4.78, 5) is 7.54. The Hall–Kier alpha value is -2.28. The van der Waals surface area contributed by atoms with Crippen LogP contribution in [-0.2, 0) is 13.2 Å². The van der Waals surface area contributed by atoms with Crippen LogP contribution in [0.5, 0.6) is 11.5 Å². The zero-order valence-corrected chi connectivity index (χ0v) is 22.0. The molecular weight excluding hydrogens is 472 g/mol. The molecule has 1 N–H and O–H groups in total. The number of ether oxygens (including phenoxy) is 2. The summed E-state index contributed by atoms with van der Waals surface area (Å²) < 4.78 is 14.7. The fourth-order valence-electron chi connectivity index (χ4n) is 5.50. The highest BCUT2D eigenvalue weighted by molar-refractivity contribution is 6.30. The Morgan fingerprint density at radius 2 is 1.83 bits per heavy atom. The number of aromatic nitrogens is 2. The van der Waals surface area contributed by atoms with Crippen molar-refractivity contribution in [2.24, 2.45) is 5.92 Å². The van der Waals surface area contributed by atoms with Gasteiger partial charge >= 0.3 is 0 Å². The van der Waals surface area contributed by atoms with Crippen molar-refractivity contribution < 1.29 is 9.47 Å². The molecule has 0 spiro atoms. The molecule has 0 bridgehead atoms. The Kier molecular flexibility index (Phi) is 9.02. The van der Waals surface area contributed by atoms with Crippen molar-refractivity contribution >= 4 is 22.6 Å². The van der Waals surface area contributed by atoms with E-state index in [0.29, 0.717) is 18.2 Å². The van der Waals surface area contributed by atoms with Crippen LogP contribution < -0.4 is 14.8 Å². The average molecular weight is 511 g/mol. The second-order valence-electron chi connectivity index (χ2n) is 10.2. The minimum atomic E-state index is 0.411. The number of fused-ring (bicyclic) bond motifs is 1. The number of rotatable bonds is 11. The highest BCUT2D eigenvalue weighted by atomic mass is 35.5. The van der Waals surface area contributed by atoms with Gasteiger partial charge in [0.05, 0.1) is 5.52 Å². The van der Waals surface area contributed by atoms with E-state index in [9.17, 15) is 0 Å². The Labute approximate surface area is 219 Å². The maximum Gasteiger partial charge on any atom is 0.148 e. The third kappa shape index (κ3) is 6.72. The number of likely N-dealkylation sites (tertiary alicyclic amines) is 1. The van der Waals surface area contributed by atoms with Crippen LogP contribution >= 0.6 is 11.6 Å². The summed E-state index contributed by atoms with van der Waals surface area (Å²) in [7, 11) is 0. The van der Waals surface area contributed by atoms with Crippen LogP contribution in [0.15, 0.2) is 42.5 Å². The predicted molar refractivity (Wildman–Crippen MR) is 146 cm³/mol. The van der Waals surface area contributed by atoms with E-state index in [1.54, 1.807) is 0 Å². The first-order chi connectivity index (χ1) is 17.8. The minimum absolute atomic E-state index is 0.411. The molecule has 36 heavy (non-hydrogen) atoms. The van der Waals surface area contributed by atoms with Crippen molar-refractivity contribution in [3.63, 3.8) is 0 Å². The lowest BCUT2D eigenvalue weighted by atomic mass is 9.95. The van der Waals surface area contributed by atoms with Crippen LogP contribution in [0.1, 0.15) is 50.8 Å². The van der Waals surface area contributed by atoms with Crippen molar-refractivity contribution in [3.05, 3.63) is 53.3 Å². The molecule has 2 aliphatic heterocycles. The molecule has 2 fully saturated rings. The molecule has 2 aromatic carbocycles. The van der Waals surface area contributed by atoms with E-state index in [1.165, 1.54) is 51.6 Å². The van der Waals surface area contributed by atoms with Crippen LogP contribution in [0.2, 0.25) is 5.02 Å². The zero-order chi connectivity index (χ0) is 24.6. The third-order valence-electron chi connectivity index (χ3n) is 7.51. The summed E-state index contributed by atoms with van der Waals surface area (Å²) in [6, 6.07) is 13.8. The van der Waals surface area contributed by atoms with Crippen LogP contribution in [0, 0.1) is 5.92 Å². The SMILES string of the molecule is Clc1ccc(OCc2nc3c(OCCN4CCCCC4)cccc3n2CCCC2CCCNC2)cc1. The minimum Gasteiger partial charge on any atom is -0.490 e. The summed E-state index contributed by atoms with van der Waals surface area (Å²) in [5.74, 6) is 3.38. The first kappa shape index (κ1) is 25.4. The van der Waals surface area contributed by atoms with Gasteiger partial charge in [0.25, 0.3) is 0 Å². The standard InChI is InChI=1S/C29H39ClN4O2/c30-24-11-13-25(14-12-24)36-22-28-32-29-26(34(28)18-6-8-23-7-5-15-31-21-23)9-4-10-27(29)35-20-19-33-16-2-1-3-17-33/h4,9-14,23,31H,1-3,5-8,15-22H2. The number of piperidine rings is 2. The molecule has 3 heterocycles. The monoisotopic (exact) mass is 510 g/mol. The zero-order valence-electron chi connectivity index (χ0n) is 21.3. The lowest BCUT2D eigenvalue weighted by Crippen LogP contribution is -2.33. The molecule has 6 nitrogen and oxygen atoms in total. The molecule has 0 saturated carbocycles. The molecule has 3 aromatic rings. The number of halogens is 1. The molecule has 1 atom stereocenters. The molecule has 7 heteroatoms. The van der Waals surface area contributed by atoms with Gasteiger partial charge in [-0.1, -0.05) is 24.1 Å². The first-order valence-electron chi connectivity index (χ1n) is 13.7. The van der Waals surface area contributed by atoms with Gasteiger partial charge in [0.1, 0.15) is 36.1 Å². The topological polar surface area (TPSA) is 51.6 Å². The number of hydrogen-bond acceptors (Lipinski definition) is 5. The lowest BCUT2D eigenvalue weighted by Gasteiger charge is -2.26. The van der Waals surface area contributed by atoms with E-state index < -0.39 is 0 Å². The van der Waals surface area contributed by atoms with E-state index in [1.807, 2.05) is 30.3 Å².